The highest BCUT2D eigenvalue weighted by atomic mass is 35.5. The number of nitrogens with zero attached hydrogens (tertiary/aromatic N) is 1. The van der Waals surface area contributed by atoms with E-state index in [0.29, 0.717) is 37.4 Å². The molecule has 1 fully saturated rings. The van der Waals surface area contributed by atoms with Gasteiger partial charge < -0.3 is 19.7 Å². The number of morpholine rings is 1. The number of amides is 2. The molecule has 0 radical (unpaired) electrons. The van der Waals surface area contributed by atoms with Crippen LogP contribution in [0.4, 0.5) is 5.69 Å². The summed E-state index contributed by atoms with van der Waals surface area (Å²) in [6.07, 6.45) is 6.71. The van der Waals surface area contributed by atoms with Gasteiger partial charge in [0.1, 0.15) is 12.6 Å². The number of terminal acetylenes is 1. The Labute approximate surface area is 212 Å². The second kappa shape index (κ2) is 17.1. The Kier molecular flexibility index (Phi) is 14.5. The number of hydrogen-bond donors (Lipinski definition) is 1. The number of halogens is 1. The summed E-state index contributed by atoms with van der Waals surface area (Å²) in [6, 6.07) is 16.2. The van der Waals surface area contributed by atoms with Gasteiger partial charge in [0.15, 0.2) is 0 Å². The summed E-state index contributed by atoms with van der Waals surface area (Å²) in [5.74, 6) is 1.94. The topological polar surface area (TPSA) is 84.9 Å². The van der Waals surface area contributed by atoms with Crippen molar-refractivity contribution in [3.8, 4) is 12.3 Å². The third-order valence-electron chi connectivity index (χ3n) is 4.65. The van der Waals surface area contributed by atoms with E-state index in [0.717, 1.165) is 11.4 Å². The molecule has 0 aromatic heterocycles. The number of hydrogen-bond acceptors (Lipinski definition) is 5. The number of rotatable bonds is 6. The van der Waals surface area contributed by atoms with Crippen LogP contribution in [0.25, 0.3) is 0 Å². The number of esters is 1. The predicted octanol–water partition coefficient (Wildman–Crippen LogP) is 4.54. The lowest BCUT2D eigenvalue weighted by Crippen LogP contribution is -2.51. The molecule has 3 rings (SSSR count). The van der Waals surface area contributed by atoms with Crippen LogP contribution < -0.4 is 5.32 Å². The molecule has 0 bridgehead atoms. The quantitative estimate of drug-likeness (QED) is 0.465. The van der Waals surface area contributed by atoms with Crippen LogP contribution in [0, 0.1) is 12.3 Å². The molecule has 1 aliphatic rings. The first-order chi connectivity index (χ1) is 16.8. The number of ether oxygens (including phenoxy) is 2. The molecule has 1 heterocycles. The highest BCUT2D eigenvalue weighted by Crippen LogP contribution is 2.13. The van der Waals surface area contributed by atoms with Crippen LogP contribution in [0.15, 0.2) is 54.6 Å². The maximum Gasteiger partial charge on any atom is 0.328 e. The summed E-state index contributed by atoms with van der Waals surface area (Å²) < 4.78 is 10.0. The van der Waals surface area contributed by atoms with E-state index in [1.165, 1.54) is 6.92 Å². The number of para-hydroxylation sites is 1. The van der Waals surface area contributed by atoms with Crippen LogP contribution in [0.2, 0.25) is 5.02 Å². The molecule has 2 amide bonds. The highest BCUT2D eigenvalue weighted by Gasteiger charge is 2.31. The van der Waals surface area contributed by atoms with Crippen LogP contribution in [-0.2, 0) is 23.9 Å². The van der Waals surface area contributed by atoms with E-state index >= 15 is 0 Å². The largest absolute Gasteiger partial charge is 0.464 e. The summed E-state index contributed by atoms with van der Waals surface area (Å²) in [5.41, 5.74) is 1.39. The molecule has 0 aliphatic carbocycles. The smallest absolute Gasteiger partial charge is 0.328 e. The summed E-state index contributed by atoms with van der Waals surface area (Å²) in [7, 11) is 0. The van der Waals surface area contributed by atoms with Gasteiger partial charge in [-0.2, -0.15) is 0 Å². The van der Waals surface area contributed by atoms with E-state index in [9.17, 15) is 14.4 Å². The van der Waals surface area contributed by atoms with Crippen molar-refractivity contribution in [2.24, 2.45) is 0 Å². The van der Waals surface area contributed by atoms with Crippen LogP contribution in [-0.4, -0.2) is 55.1 Å². The third-order valence-corrected chi connectivity index (χ3v) is 4.90. The number of carbonyl (C=O) groups is 3. The van der Waals surface area contributed by atoms with E-state index in [2.05, 4.69) is 11.2 Å². The average molecular weight is 501 g/mol. The van der Waals surface area contributed by atoms with Gasteiger partial charge in [0.05, 0.1) is 18.9 Å². The van der Waals surface area contributed by atoms with Gasteiger partial charge in [0.2, 0.25) is 11.8 Å². The second-order valence-corrected chi connectivity index (χ2v) is 7.80. The molecule has 188 valence electrons. The molecular weight excluding hydrogens is 468 g/mol. The number of benzene rings is 2. The summed E-state index contributed by atoms with van der Waals surface area (Å²) in [4.78, 5) is 35.6. The molecule has 0 saturated carbocycles. The second-order valence-electron chi connectivity index (χ2n) is 7.36. The van der Waals surface area contributed by atoms with Gasteiger partial charge in [0.25, 0.3) is 0 Å². The van der Waals surface area contributed by atoms with Crippen molar-refractivity contribution < 1.29 is 23.9 Å². The Morgan fingerprint density at radius 1 is 1.17 bits per heavy atom. The van der Waals surface area contributed by atoms with E-state index < -0.39 is 6.04 Å². The lowest BCUT2D eigenvalue weighted by molar-refractivity contribution is -0.161. The zero-order chi connectivity index (χ0) is 26.1. The molecule has 1 aliphatic heterocycles. The van der Waals surface area contributed by atoms with Crippen LogP contribution >= 0.6 is 11.6 Å². The molecule has 0 spiro atoms. The molecule has 2 aromatic carbocycles. The first-order valence-electron chi connectivity index (χ1n) is 11.4. The number of nitrogens with one attached hydrogen (secondary N) is 1. The van der Waals surface area contributed by atoms with Crippen molar-refractivity contribution in [1.29, 1.82) is 0 Å². The van der Waals surface area contributed by atoms with Crippen molar-refractivity contribution in [3.05, 3.63) is 65.2 Å². The monoisotopic (exact) mass is 500 g/mol. The molecule has 1 N–H and O–H groups in total. The van der Waals surface area contributed by atoms with Gasteiger partial charge in [-0.05, 0) is 37.6 Å². The molecular formula is C27H33ClN2O5. The summed E-state index contributed by atoms with van der Waals surface area (Å²) >= 11 is 5.54. The Bertz CT molecular complexity index is 975. The maximum atomic E-state index is 11.7. The van der Waals surface area contributed by atoms with Crippen molar-refractivity contribution in [2.45, 2.75) is 39.7 Å². The van der Waals surface area contributed by atoms with Crippen LogP contribution in [0.3, 0.4) is 0 Å². The maximum absolute atomic E-state index is 11.7. The fraction of sp³-hybridized carbons (Fsp3) is 0.370. The molecule has 1 unspecified atom stereocenters. The standard InChI is InChI=1S/C11H19NO4.C10H9NO.C6H5Cl/c1-3-5-9(11(14)16-4-2)12-6-7-15-8-10(12)13;1-3-9-6-4-5-7-10(9)11-8(2)12;7-6-4-2-1-3-5-6/h9H,3-8H2,1-2H3;1,4-7H,2H3,(H,11,12);1-5H. The van der Waals surface area contributed by atoms with Crippen molar-refractivity contribution in [2.75, 3.05) is 31.7 Å². The predicted molar refractivity (Wildman–Crippen MR) is 138 cm³/mol. The first-order valence-corrected chi connectivity index (χ1v) is 11.8. The van der Waals surface area contributed by atoms with E-state index in [-0.39, 0.29) is 24.4 Å². The van der Waals surface area contributed by atoms with E-state index in [4.69, 9.17) is 27.5 Å². The van der Waals surface area contributed by atoms with Gasteiger partial charge in [0, 0.05) is 24.1 Å². The number of carbonyl (C=O) groups excluding carboxylic acids is 3. The Morgan fingerprint density at radius 3 is 2.34 bits per heavy atom. The third kappa shape index (κ3) is 11.6. The fourth-order valence-electron chi connectivity index (χ4n) is 3.09. The molecule has 7 nitrogen and oxygen atoms in total. The highest BCUT2D eigenvalue weighted by molar-refractivity contribution is 6.30. The van der Waals surface area contributed by atoms with Gasteiger partial charge in [-0.1, -0.05) is 61.2 Å². The van der Waals surface area contributed by atoms with Gasteiger partial charge in [-0.25, -0.2) is 4.79 Å². The molecule has 1 saturated heterocycles. The lowest BCUT2D eigenvalue weighted by atomic mass is 10.1. The van der Waals surface area contributed by atoms with Gasteiger partial charge in [-0.3, -0.25) is 9.59 Å². The Hall–Kier alpha value is -3.34. The van der Waals surface area contributed by atoms with Gasteiger partial charge in [-0.15, -0.1) is 6.42 Å². The molecule has 8 heteroatoms. The SMILES string of the molecule is C#Cc1ccccc1NC(C)=O.CCCC(C(=O)OCC)N1CCOCC1=O.Clc1ccccc1. The average Bonchev–Trinajstić information content (AvgIpc) is 2.84. The van der Waals surface area contributed by atoms with Crippen LogP contribution in [0.1, 0.15) is 39.2 Å². The minimum Gasteiger partial charge on any atom is -0.464 e. The molecule has 2 aromatic rings. The Morgan fingerprint density at radius 2 is 1.83 bits per heavy atom. The fourth-order valence-corrected chi connectivity index (χ4v) is 3.24. The molecule has 1 atom stereocenters. The van der Waals surface area contributed by atoms with Crippen molar-refractivity contribution in [3.63, 3.8) is 0 Å². The summed E-state index contributed by atoms with van der Waals surface area (Å²) in [5, 5.41) is 3.44. The van der Waals surface area contributed by atoms with E-state index in [1.54, 1.807) is 24.0 Å². The lowest BCUT2D eigenvalue weighted by Gasteiger charge is -2.32. The normalized spacial score (nSPS) is 13.1. The van der Waals surface area contributed by atoms with Gasteiger partial charge >= 0.3 is 5.97 Å². The van der Waals surface area contributed by atoms with Crippen molar-refractivity contribution >= 4 is 35.1 Å². The minimum atomic E-state index is -0.443. The molecule has 35 heavy (non-hydrogen) atoms. The van der Waals surface area contributed by atoms with Crippen LogP contribution in [0.5, 0.6) is 0 Å². The first kappa shape index (κ1) is 29.7. The van der Waals surface area contributed by atoms with Crippen molar-refractivity contribution in [1.82, 2.24) is 4.90 Å². The minimum absolute atomic E-state index is 0.0691. The zero-order valence-corrected chi connectivity index (χ0v) is 21.2. The summed E-state index contributed by atoms with van der Waals surface area (Å²) in [6.45, 7) is 6.58. The zero-order valence-electron chi connectivity index (χ0n) is 20.5. The Balaban J connectivity index is 0.000000282. The number of anilines is 1. The van der Waals surface area contributed by atoms with E-state index in [1.807, 2.05) is 49.4 Å².